The highest BCUT2D eigenvalue weighted by Gasteiger charge is 2.09. The monoisotopic (exact) mass is 546 g/mol. The van der Waals surface area contributed by atoms with Crippen LogP contribution in [0.2, 0.25) is 0 Å². The van der Waals surface area contributed by atoms with Gasteiger partial charge in [-0.15, -0.1) is 0 Å². The number of rotatable bonds is 29. The molecule has 0 radical (unpaired) electrons. The van der Waals surface area contributed by atoms with Crippen LogP contribution in [-0.4, -0.2) is 23.1 Å². The van der Waals surface area contributed by atoms with E-state index in [0.29, 0.717) is 12.8 Å². The first-order chi connectivity index (χ1) is 19.1. The van der Waals surface area contributed by atoms with Crippen LogP contribution >= 0.6 is 0 Å². The van der Waals surface area contributed by atoms with E-state index in [0.717, 1.165) is 64.2 Å². The molecule has 0 aliphatic heterocycles. The highest BCUT2D eigenvalue weighted by atomic mass is 16.5. The van der Waals surface area contributed by atoms with Crippen LogP contribution in [0.25, 0.3) is 0 Å². The summed E-state index contributed by atoms with van der Waals surface area (Å²) in [6, 6.07) is 0. The summed E-state index contributed by atoms with van der Waals surface area (Å²) in [7, 11) is 0. The van der Waals surface area contributed by atoms with Gasteiger partial charge in [-0.05, 0) is 64.7 Å². The molecule has 4 nitrogen and oxygen atoms in total. The molecular weight excluding hydrogens is 484 g/mol. The van der Waals surface area contributed by atoms with Crippen molar-refractivity contribution in [3.63, 3.8) is 0 Å². The predicted octanol–water partition coefficient (Wildman–Crippen LogP) is 11.1. The van der Waals surface area contributed by atoms with E-state index in [1.165, 1.54) is 77.0 Å². The van der Waals surface area contributed by atoms with Gasteiger partial charge in [0.05, 0.1) is 6.10 Å². The summed E-state index contributed by atoms with van der Waals surface area (Å²) in [6.07, 6.45) is 39.9. The van der Waals surface area contributed by atoms with E-state index in [1.54, 1.807) is 0 Å². The molecule has 1 atom stereocenters. The van der Waals surface area contributed by atoms with Crippen LogP contribution in [0.3, 0.4) is 0 Å². The van der Waals surface area contributed by atoms with Gasteiger partial charge in [-0.1, -0.05) is 127 Å². The zero-order valence-corrected chi connectivity index (χ0v) is 25.7. The van der Waals surface area contributed by atoms with E-state index in [4.69, 9.17) is 9.84 Å². The summed E-state index contributed by atoms with van der Waals surface area (Å²) in [5, 5.41) is 8.63. The van der Waals surface area contributed by atoms with Gasteiger partial charge in [-0.25, -0.2) is 0 Å². The highest BCUT2D eigenvalue weighted by Crippen LogP contribution is 2.15. The third kappa shape index (κ3) is 32.3. The Morgan fingerprint density at radius 2 is 1.03 bits per heavy atom. The van der Waals surface area contributed by atoms with E-state index in [-0.39, 0.29) is 12.1 Å². The first-order valence-electron chi connectivity index (χ1n) is 16.4. The molecule has 0 rings (SSSR count). The number of aliphatic carboxylic acids is 1. The van der Waals surface area contributed by atoms with Crippen molar-refractivity contribution in [2.75, 3.05) is 0 Å². The SMILES string of the molecule is CC/C=C\C/C=C\C/C=C\CCCCCCCC(=O)OC(C)CCCCCCCCCCCCCCC(=O)O. The van der Waals surface area contributed by atoms with Crippen molar-refractivity contribution in [1.29, 1.82) is 0 Å². The second kappa shape index (κ2) is 30.7. The van der Waals surface area contributed by atoms with Crippen molar-refractivity contribution < 1.29 is 19.4 Å². The summed E-state index contributed by atoms with van der Waals surface area (Å²) >= 11 is 0. The maximum absolute atomic E-state index is 12.1. The third-order valence-electron chi connectivity index (χ3n) is 7.12. The van der Waals surface area contributed by atoms with E-state index in [2.05, 4.69) is 43.4 Å². The number of carboxylic acid groups (broad SMARTS) is 1. The second-order valence-corrected chi connectivity index (χ2v) is 11.1. The minimum atomic E-state index is -0.674. The lowest BCUT2D eigenvalue weighted by molar-refractivity contribution is -0.148. The lowest BCUT2D eigenvalue weighted by Gasteiger charge is -2.13. The van der Waals surface area contributed by atoms with Gasteiger partial charge in [-0.2, -0.15) is 0 Å². The molecule has 39 heavy (non-hydrogen) atoms. The Hall–Kier alpha value is -1.84. The van der Waals surface area contributed by atoms with Crippen LogP contribution in [0.15, 0.2) is 36.5 Å². The average molecular weight is 547 g/mol. The van der Waals surface area contributed by atoms with Crippen LogP contribution in [0.5, 0.6) is 0 Å². The van der Waals surface area contributed by atoms with Crippen LogP contribution in [-0.2, 0) is 14.3 Å². The van der Waals surface area contributed by atoms with E-state index in [9.17, 15) is 9.59 Å². The number of hydrogen-bond donors (Lipinski definition) is 1. The molecule has 0 heterocycles. The Morgan fingerprint density at radius 1 is 0.590 bits per heavy atom. The van der Waals surface area contributed by atoms with Gasteiger partial charge in [0.15, 0.2) is 0 Å². The summed E-state index contributed by atoms with van der Waals surface area (Å²) in [6.45, 7) is 4.19. The van der Waals surface area contributed by atoms with Crippen LogP contribution in [0, 0.1) is 0 Å². The summed E-state index contributed by atoms with van der Waals surface area (Å²) < 4.78 is 5.60. The Morgan fingerprint density at radius 3 is 1.56 bits per heavy atom. The fourth-order valence-electron chi connectivity index (χ4n) is 4.71. The average Bonchev–Trinajstić information content (AvgIpc) is 2.90. The van der Waals surface area contributed by atoms with Gasteiger partial charge >= 0.3 is 11.9 Å². The molecule has 0 saturated heterocycles. The van der Waals surface area contributed by atoms with Crippen LogP contribution < -0.4 is 0 Å². The number of carbonyl (C=O) groups is 2. The van der Waals surface area contributed by atoms with Gasteiger partial charge in [-0.3, -0.25) is 9.59 Å². The second-order valence-electron chi connectivity index (χ2n) is 11.1. The fraction of sp³-hybridized carbons (Fsp3) is 0.771. The van der Waals surface area contributed by atoms with Crippen molar-refractivity contribution in [3.8, 4) is 0 Å². The Labute approximate surface area is 241 Å². The van der Waals surface area contributed by atoms with Crippen LogP contribution in [0.4, 0.5) is 0 Å². The summed E-state index contributed by atoms with van der Waals surface area (Å²) in [5.41, 5.74) is 0. The van der Waals surface area contributed by atoms with Gasteiger partial charge in [0.1, 0.15) is 0 Å². The normalized spacial score (nSPS) is 12.7. The molecule has 0 saturated carbocycles. The van der Waals surface area contributed by atoms with Gasteiger partial charge in [0, 0.05) is 12.8 Å². The third-order valence-corrected chi connectivity index (χ3v) is 7.12. The molecule has 0 aromatic rings. The van der Waals surface area contributed by atoms with Crippen molar-refractivity contribution in [3.05, 3.63) is 36.5 Å². The number of carbonyl (C=O) groups excluding carboxylic acids is 1. The number of esters is 1. The maximum Gasteiger partial charge on any atom is 0.306 e. The Balaban J connectivity index is 3.38. The van der Waals surface area contributed by atoms with E-state index in [1.807, 2.05) is 6.92 Å². The molecule has 1 N–H and O–H groups in total. The first kappa shape index (κ1) is 37.2. The number of unbranched alkanes of at least 4 members (excludes halogenated alkanes) is 16. The van der Waals surface area contributed by atoms with Crippen molar-refractivity contribution in [1.82, 2.24) is 0 Å². The molecule has 0 aliphatic carbocycles. The molecule has 4 heteroatoms. The van der Waals surface area contributed by atoms with E-state index < -0.39 is 5.97 Å². The Kier molecular flexibility index (Phi) is 29.2. The predicted molar refractivity (Wildman–Crippen MR) is 167 cm³/mol. The van der Waals surface area contributed by atoms with Gasteiger partial charge in [0.2, 0.25) is 0 Å². The van der Waals surface area contributed by atoms with Gasteiger partial charge < -0.3 is 9.84 Å². The summed E-state index contributed by atoms with van der Waals surface area (Å²) in [4.78, 5) is 22.6. The first-order valence-corrected chi connectivity index (χ1v) is 16.4. The van der Waals surface area contributed by atoms with Gasteiger partial charge in [0.25, 0.3) is 0 Å². The molecule has 0 amide bonds. The lowest BCUT2D eigenvalue weighted by atomic mass is 10.0. The quantitative estimate of drug-likeness (QED) is 0.0575. The Bertz CT molecular complexity index is 635. The molecule has 0 aromatic carbocycles. The van der Waals surface area contributed by atoms with Crippen LogP contribution in [0.1, 0.15) is 168 Å². The van der Waals surface area contributed by atoms with Crippen molar-refractivity contribution in [2.24, 2.45) is 0 Å². The lowest BCUT2D eigenvalue weighted by Crippen LogP contribution is -2.14. The zero-order valence-electron chi connectivity index (χ0n) is 25.7. The number of hydrogen-bond acceptors (Lipinski definition) is 3. The standard InChI is InChI=1S/C35H62O4/c1-3-4-5-6-7-8-9-10-11-12-17-20-23-26-29-32-35(38)39-33(2)30-27-24-21-18-15-13-14-16-19-22-25-28-31-34(36)37/h4-5,7-8,10-11,33H,3,6,9,12-32H2,1-2H3,(H,36,37)/b5-4-,8-7-,11-10-. The summed E-state index contributed by atoms with van der Waals surface area (Å²) in [5.74, 6) is -0.696. The topological polar surface area (TPSA) is 63.6 Å². The molecule has 0 aliphatic rings. The molecule has 226 valence electrons. The molecule has 0 aromatic heterocycles. The van der Waals surface area contributed by atoms with Crippen molar-refractivity contribution in [2.45, 2.75) is 174 Å². The number of ether oxygens (including phenoxy) is 1. The highest BCUT2D eigenvalue weighted by molar-refractivity contribution is 5.69. The minimum absolute atomic E-state index is 0.0226. The molecular formula is C35H62O4. The van der Waals surface area contributed by atoms with E-state index >= 15 is 0 Å². The number of allylic oxidation sites excluding steroid dienone is 6. The number of carboxylic acids is 1. The zero-order chi connectivity index (χ0) is 28.7. The molecule has 0 fully saturated rings. The maximum atomic E-state index is 12.1. The smallest absolute Gasteiger partial charge is 0.306 e. The molecule has 0 bridgehead atoms. The van der Waals surface area contributed by atoms with Crippen molar-refractivity contribution >= 4 is 11.9 Å². The molecule has 1 unspecified atom stereocenters. The molecule has 0 spiro atoms. The largest absolute Gasteiger partial charge is 0.481 e. The fourth-order valence-corrected chi connectivity index (χ4v) is 4.71. The minimum Gasteiger partial charge on any atom is -0.481 e.